The van der Waals surface area contributed by atoms with Gasteiger partial charge in [-0.1, -0.05) is 48.5 Å². The van der Waals surface area contributed by atoms with Gasteiger partial charge in [-0.3, -0.25) is 9.98 Å². The first kappa shape index (κ1) is 22.9. The third kappa shape index (κ3) is 17.5. The largest absolute Gasteiger partial charge is 0.379 e. The third-order valence-corrected chi connectivity index (χ3v) is 4.13. The molecule has 0 aromatic carbocycles. The molecule has 4 N–H and O–H groups in total. The second kappa shape index (κ2) is 17.7. The summed E-state index contributed by atoms with van der Waals surface area (Å²) in [6.45, 7) is 8.41. The first-order valence-corrected chi connectivity index (χ1v) is 8.75. The summed E-state index contributed by atoms with van der Waals surface area (Å²) in [5.41, 5.74) is 11.4. The Hall–Kier alpha value is -0.400. The van der Waals surface area contributed by atoms with Gasteiger partial charge in [0.15, 0.2) is 10.3 Å². The third-order valence-electron chi connectivity index (χ3n) is 2.29. The Morgan fingerprint density at radius 1 is 0.810 bits per heavy atom. The van der Waals surface area contributed by atoms with Crippen LogP contribution in [0.25, 0.3) is 0 Å². The minimum absolute atomic E-state index is 0. The molecule has 7 heteroatoms. The molecule has 0 aliphatic carbocycles. The fourth-order valence-corrected chi connectivity index (χ4v) is 2.76. The Kier molecular flexibility index (Phi) is 19.2. The van der Waals surface area contributed by atoms with Crippen molar-refractivity contribution in [3.63, 3.8) is 0 Å². The molecule has 0 rings (SSSR count). The molecule has 0 aliphatic rings. The molecule has 0 aliphatic heterocycles. The highest BCUT2D eigenvalue weighted by Crippen LogP contribution is 2.10. The van der Waals surface area contributed by atoms with E-state index in [1.807, 2.05) is 0 Å². The fraction of sp³-hybridized carbons (Fsp3) is 0.571. The maximum atomic E-state index is 5.72. The van der Waals surface area contributed by atoms with E-state index < -0.39 is 0 Å². The Labute approximate surface area is 147 Å². The van der Waals surface area contributed by atoms with E-state index in [0.29, 0.717) is 23.4 Å². The molecular weight excluding hydrogens is 368 g/mol. The minimum Gasteiger partial charge on any atom is -0.379 e. The number of hydrogen-bond acceptors (Lipinski definition) is 4. The maximum absolute atomic E-state index is 5.72. The van der Waals surface area contributed by atoms with Crippen LogP contribution in [0.15, 0.2) is 35.3 Å². The van der Waals surface area contributed by atoms with Gasteiger partial charge in [0.1, 0.15) is 0 Å². The maximum Gasteiger partial charge on any atom is 0.154 e. The predicted molar refractivity (Wildman–Crippen MR) is 107 cm³/mol. The van der Waals surface area contributed by atoms with Gasteiger partial charge in [0.2, 0.25) is 0 Å². The average Bonchev–Trinajstić information content (AvgIpc) is 2.45. The number of aliphatic imine (C=N–C) groups is 2. The summed E-state index contributed by atoms with van der Waals surface area (Å²) in [6.07, 6.45) is 8.25. The highest BCUT2D eigenvalue weighted by molar-refractivity contribution is 8.93. The topological polar surface area (TPSA) is 76.8 Å². The van der Waals surface area contributed by atoms with E-state index >= 15 is 0 Å². The smallest absolute Gasteiger partial charge is 0.154 e. The van der Waals surface area contributed by atoms with Crippen LogP contribution in [-0.4, -0.2) is 34.9 Å². The first-order valence-electron chi connectivity index (χ1n) is 6.78. The summed E-state index contributed by atoms with van der Waals surface area (Å²) in [5, 5.41) is 1.32. The number of halogens is 1. The lowest BCUT2D eigenvalue weighted by Crippen LogP contribution is -2.08. The molecular formula is C14H27BrN4S2. The summed E-state index contributed by atoms with van der Waals surface area (Å²) in [7, 11) is 0. The van der Waals surface area contributed by atoms with Crippen molar-refractivity contribution in [3.05, 3.63) is 25.3 Å². The van der Waals surface area contributed by atoms with E-state index in [0.717, 1.165) is 11.5 Å². The Bertz CT molecular complexity index is 301. The molecule has 0 aromatic rings. The molecule has 21 heavy (non-hydrogen) atoms. The molecule has 122 valence electrons. The summed E-state index contributed by atoms with van der Waals surface area (Å²) in [6, 6.07) is 0. The van der Waals surface area contributed by atoms with Gasteiger partial charge in [0.25, 0.3) is 0 Å². The molecule has 0 saturated heterocycles. The molecule has 0 saturated carbocycles. The van der Waals surface area contributed by atoms with E-state index in [2.05, 4.69) is 23.1 Å². The molecule has 0 spiro atoms. The van der Waals surface area contributed by atoms with Crippen LogP contribution in [0, 0.1) is 0 Å². The number of nitrogens with zero attached hydrogens (tertiary/aromatic N) is 2. The normalized spacial score (nSPS) is 11.8. The van der Waals surface area contributed by atoms with Crippen LogP contribution >= 0.6 is 40.5 Å². The molecule has 0 heterocycles. The van der Waals surface area contributed by atoms with Gasteiger partial charge in [0.05, 0.1) is 13.1 Å². The van der Waals surface area contributed by atoms with E-state index in [9.17, 15) is 0 Å². The zero-order valence-electron chi connectivity index (χ0n) is 12.5. The lowest BCUT2D eigenvalue weighted by atomic mass is 10.2. The van der Waals surface area contributed by atoms with Gasteiger partial charge in [-0.2, -0.15) is 0 Å². The Morgan fingerprint density at radius 2 is 1.19 bits per heavy atom. The number of amidine groups is 2. The fourth-order valence-electron chi connectivity index (χ4n) is 1.31. The standard InChI is InChI=1S/C14H26N4S2.BrH/c1-3-9-17-13(15)19-11-7-5-6-8-12-20-14(16)18-10-4-2;/h3-4H,1-2,5-12H2,(H2,15,17)(H2,16,18);1H. The summed E-state index contributed by atoms with van der Waals surface area (Å²) in [5.74, 6) is 2.06. The van der Waals surface area contributed by atoms with Crippen molar-refractivity contribution < 1.29 is 0 Å². The van der Waals surface area contributed by atoms with E-state index in [-0.39, 0.29) is 17.0 Å². The molecule has 0 unspecified atom stereocenters. The van der Waals surface area contributed by atoms with Crippen molar-refractivity contribution >= 4 is 50.8 Å². The number of rotatable bonds is 11. The number of hydrogen-bond donors (Lipinski definition) is 2. The summed E-state index contributed by atoms with van der Waals surface area (Å²) in [4.78, 5) is 8.27. The van der Waals surface area contributed by atoms with Crippen LogP contribution in [0.2, 0.25) is 0 Å². The zero-order valence-corrected chi connectivity index (χ0v) is 15.8. The van der Waals surface area contributed by atoms with Crippen molar-refractivity contribution in [2.75, 3.05) is 24.6 Å². The second-order valence-electron chi connectivity index (χ2n) is 4.05. The molecule has 0 bridgehead atoms. The van der Waals surface area contributed by atoms with Crippen LogP contribution < -0.4 is 11.5 Å². The summed E-state index contributed by atoms with van der Waals surface area (Å²) >= 11 is 3.24. The Morgan fingerprint density at radius 3 is 1.52 bits per heavy atom. The van der Waals surface area contributed by atoms with Crippen molar-refractivity contribution in [3.8, 4) is 0 Å². The van der Waals surface area contributed by atoms with E-state index in [1.165, 1.54) is 25.7 Å². The van der Waals surface area contributed by atoms with Crippen LogP contribution in [-0.2, 0) is 0 Å². The monoisotopic (exact) mass is 394 g/mol. The molecule has 0 atom stereocenters. The summed E-state index contributed by atoms with van der Waals surface area (Å²) < 4.78 is 0. The van der Waals surface area contributed by atoms with Gasteiger partial charge in [-0.15, -0.1) is 30.1 Å². The number of thioether (sulfide) groups is 2. The quantitative estimate of drug-likeness (QED) is 0.243. The van der Waals surface area contributed by atoms with Crippen LogP contribution in [0.3, 0.4) is 0 Å². The van der Waals surface area contributed by atoms with E-state index in [1.54, 1.807) is 35.7 Å². The minimum atomic E-state index is 0. The van der Waals surface area contributed by atoms with Crippen molar-refractivity contribution in [2.45, 2.75) is 25.7 Å². The van der Waals surface area contributed by atoms with Crippen LogP contribution in [0.4, 0.5) is 0 Å². The van der Waals surface area contributed by atoms with Gasteiger partial charge < -0.3 is 11.5 Å². The lowest BCUT2D eigenvalue weighted by Gasteiger charge is -2.02. The van der Waals surface area contributed by atoms with Gasteiger partial charge in [-0.05, 0) is 12.8 Å². The number of nitrogens with two attached hydrogens (primary N) is 2. The molecule has 0 radical (unpaired) electrons. The van der Waals surface area contributed by atoms with Gasteiger partial charge in [-0.25, -0.2) is 0 Å². The lowest BCUT2D eigenvalue weighted by molar-refractivity contribution is 0.712. The van der Waals surface area contributed by atoms with Gasteiger partial charge >= 0.3 is 0 Å². The predicted octanol–water partition coefficient (Wildman–Crippen LogP) is 3.59. The molecule has 0 amide bonds. The van der Waals surface area contributed by atoms with Crippen LogP contribution in [0.5, 0.6) is 0 Å². The van der Waals surface area contributed by atoms with Crippen LogP contribution in [0.1, 0.15) is 25.7 Å². The SMILES string of the molecule is Br.C=CCN=C(N)SCCCCCCSC(N)=NCC=C. The highest BCUT2D eigenvalue weighted by atomic mass is 79.9. The molecule has 4 nitrogen and oxygen atoms in total. The van der Waals surface area contributed by atoms with Crippen molar-refractivity contribution in [1.29, 1.82) is 0 Å². The second-order valence-corrected chi connectivity index (χ2v) is 6.28. The molecule has 0 aromatic heterocycles. The average molecular weight is 395 g/mol. The molecule has 0 fully saturated rings. The van der Waals surface area contributed by atoms with Crippen molar-refractivity contribution in [1.82, 2.24) is 0 Å². The Balaban J connectivity index is 0. The zero-order chi connectivity index (χ0) is 15.1. The van der Waals surface area contributed by atoms with Crippen molar-refractivity contribution in [2.24, 2.45) is 21.5 Å². The number of unbranched alkanes of at least 4 members (excludes halogenated alkanes) is 3. The highest BCUT2D eigenvalue weighted by Gasteiger charge is 1.96. The first-order chi connectivity index (χ1) is 9.70. The van der Waals surface area contributed by atoms with E-state index in [4.69, 9.17) is 11.5 Å². The van der Waals surface area contributed by atoms with Gasteiger partial charge in [0, 0.05) is 11.5 Å².